The van der Waals surface area contributed by atoms with Crippen molar-refractivity contribution in [2.75, 3.05) is 23.7 Å². The fourth-order valence-electron chi connectivity index (χ4n) is 7.71. The molecule has 0 aliphatic carbocycles. The molecule has 0 radical (unpaired) electrons. The molecule has 0 aliphatic heterocycles. The maximum atomic E-state index is 12.7. The summed E-state index contributed by atoms with van der Waals surface area (Å²) in [5, 5.41) is 23.4. The van der Waals surface area contributed by atoms with Crippen molar-refractivity contribution < 1.29 is 41.0 Å². The lowest BCUT2D eigenvalue weighted by molar-refractivity contribution is -0.132. The van der Waals surface area contributed by atoms with Gasteiger partial charge in [0.2, 0.25) is 0 Å². The number of aromatic nitrogens is 8. The van der Waals surface area contributed by atoms with Gasteiger partial charge >= 0.3 is 18.3 Å². The number of anilines is 2. The van der Waals surface area contributed by atoms with Gasteiger partial charge in [-0.2, -0.15) is 36.5 Å². The molecule has 0 bridgehead atoms. The summed E-state index contributed by atoms with van der Waals surface area (Å²) >= 11 is 0. The van der Waals surface area contributed by atoms with Crippen molar-refractivity contribution in [1.82, 2.24) is 38.7 Å². The first-order valence-corrected chi connectivity index (χ1v) is 20.9. The van der Waals surface area contributed by atoms with Crippen molar-refractivity contribution in [2.45, 2.75) is 58.8 Å². The second-order valence-corrected chi connectivity index (χ2v) is 15.8. The summed E-state index contributed by atoms with van der Waals surface area (Å²) < 4.78 is 83.2. The molecule has 19 heteroatoms. The van der Waals surface area contributed by atoms with Crippen molar-refractivity contribution in [3.8, 4) is 33.9 Å². The van der Waals surface area contributed by atoms with Crippen LogP contribution in [0.4, 0.5) is 37.7 Å². The monoisotopic (exact) mass is 912 g/mol. The quantitative estimate of drug-likeness (QED) is 0.0716. The molecule has 0 fully saturated rings. The van der Waals surface area contributed by atoms with E-state index in [9.17, 15) is 41.0 Å². The highest BCUT2D eigenvalue weighted by atomic mass is 19.4. The van der Waals surface area contributed by atoms with Crippen LogP contribution in [0.15, 0.2) is 97.8 Å². The Morgan fingerprint density at radius 1 is 0.636 bits per heavy atom. The standard InChI is InChI=1S/C25H26F3N5O.C22H20F3N5O2/c1-4-5-23(34)19-7-6-18(12-16(19)2)33-15-30-24-20(29-11-9-25(26,27)28)13-17(14-22(24)33)21-8-10-31-32(21)3;1-13-9-15(3-4-16(13)21(31)32)30-12-27-20-17(26-8-6-22(23,24)25)10-14(11-19(20)30)18-5-7-28-29(18)2/h6-8,10,12-15,29H,4-5,9,11H2,1-3H3;3-5,7,9-12,26H,6,8H2,1-2H3,(H,31,32). The van der Waals surface area contributed by atoms with E-state index in [1.807, 2.05) is 67.9 Å². The predicted molar refractivity (Wildman–Crippen MR) is 241 cm³/mol. The molecule has 0 aliphatic rings. The molecule has 0 atom stereocenters. The molecular formula is C47H46F6N10O3. The number of aryl methyl sites for hydroxylation is 4. The van der Waals surface area contributed by atoms with Crippen LogP contribution in [-0.4, -0.2) is 81.0 Å². The minimum Gasteiger partial charge on any atom is -0.478 e. The van der Waals surface area contributed by atoms with Crippen LogP contribution in [-0.2, 0) is 14.1 Å². The van der Waals surface area contributed by atoms with Crippen LogP contribution in [0.5, 0.6) is 0 Å². The zero-order chi connectivity index (χ0) is 47.5. The zero-order valence-electron chi connectivity index (χ0n) is 36.6. The van der Waals surface area contributed by atoms with Crippen LogP contribution in [0.3, 0.4) is 0 Å². The zero-order valence-corrected chi connectivity index (χ0v) is 36.6. The Morgan fingerprint density at radius 2 is 1.08 bits per heavy atom. The van der Waals surface area contributed by atoms with E-state index < -0.39 is 31.2 Å². The Morgan fingerprint density at radius 3 is 1.44 bits per heavy atom. The summed E-state index contributed by atoms with van der Waals surface area (Å²) in [4.78, 5) is 32.6. The van der Waals surface area contributed by atoms with Gasteiger partial charge in [0, 0.05) is 74.1 Å². The van der Waals surface area contributed by atoms with Crippen molar-refractivity contribution in [2.24, 2.45) is 14.1 Å². The van der Waals surface area contributed by atoms with E-state index in [-0.39, 0.29) is 24.4 Å². The second kappa shape index (κ2) is 19.0. The summed E-state index contributed by atoms with van der Waals surface area (Å²) in [6.45, 7) is 5.04. The topological polar surface area (TPSA) is 150 Å². The molecule has 4 aromatic heterocycles. The van der Waals surface area contributed by atoms with Gasteiger partial charge < -0.3 is 15.7 Å². The molecule has 3 N–H and O–H groups in total. The third-order valence-corrected chi connectivity index (χ3v) is 11.0. The number of rotatable bonds is 14. The smallest absolute Gasteiger partial charge is 0.390 e. The van der Waals surface area contributed by atoms with E-state index in [1.165, 1.54) is 6.07 Å². The van der Waals surface area contributed by atoms with E-state index >= 15 is 0 Å². The second-order valence-electron chi connectivity index (χ2n) is 15.8. The molecule has 8 rings (SSSR count). The number of carbonyl (C=O) groups excluding carboxylic acids is 1. The number of hydrogen-bond donors (Lipinski definition) is 3. The van der Waals surface area contributed by atoms with Gasteiger partial charge in [-0.25, -0.2) is 14.8 Å². The highest BCUT2D eigenvalue weighted by Gasteiger charge is 2.28. The Kier molecular flexibility index (Phi) is 13.4. The summed E-state index contributed by atoms with van der Waals surface area (Å²) in [5.41, 5.74) is 10.5. The number of alkyl halides is 6. The number of benzene rings is 4. The minimum absolute atomic E-state index is 0.108. The fraction of sp³-hybridized carbons (Fsp3) is 0.277. The summed E-state index contributed by atoms with van der Waals surface area (Å²) in [7, 11) is 3.59. The van der Waals surface area contributed by atoms with Gasteiger partial charge in [-0.3, -0.25) is 23.3 Å². The van der Waals surface area contributed by atoms with E-state index in [1.54, 1.807) is 77.2 Å². The maximum Gasteiger partial charge on any atom is 0.390 e. The van der Waals surface area contributed by atoms with Crippen LogP contribution in [0, 0.1) is 13.8 Å². The molecule has 4 heterocycles. The molecule has 0 unspecified atom stereocenters. The van der Waals surface area contributed by atoms with Crippen LogP contribution >= 0.6 is 0 Å². The van der Waals surface area contributed by atoms with Crippen LogP contribution in [0.25, 0.3) is 56.0 Å². The highest BCUT2D eigenvalue weighted by molar-refractivity contribution is 5.98. The number of carboxylic acids is 1. The molecule has 344 valence electrons. The number of fused-ring (bicyclic) bond motifs is 2. The van der Waals surface area contributed by atoms with Crippen LogP contribution in [0.1, 0.15) is 64.4 Å². The molecule has 8 aromatic rings. The lowest BCUT2D eigenvalue weighted by Gasteiger charge is -2.13. The number of aromatic carboxylic acids is 1. The number of nitrogens with zero attached hydrogens (tertiary/aromatic N) is 8. The fourth-order valence-corrected chi connectivity index (χ4v) is 7.71. The van der Waals surface area contributed by atoms with Crippen molar-refractivity contribution >= 4 is 45.2 Å². The van der Waals surface area contributed by atoms with Crippen molar-refractivity contribution in [1.29, 1.82) is 0 Å². The third kappa shape index (κ3) is 10.4. The Hall–Kier alpha value is -7.44. The van der Waals surface area contributed by atoms with Gasteiger partial charge in [-0.1, -0.05) is 6.92 Å². The van der Waals surface area contributed by atoms with Gasteiger partial charge in [0.1, 0.15) is 23.7 Å². The number of ketones is 1. The highest BCUT2D eigenvalue weighted by Crippen LogP contribution is 2.35. The first-order chi connectivity index (χ1) is 31.3. The average molecular weight is 913 g/mol. The average Bonchev–Trinajstić information content (AvgIpc) is 4.07. The predicted octanol–water partition coefficient (Wildman–Crippen LogP) is 10.9. The molecule has 0 saturated heterocycles. The number of halogens is 6. The summed E-state index contributed by atoms with van der Waals surface area (Å²) in [6, 6.07) is 21.6. The Bertz CT molecular complexity index is 3050. The number of Topliss-reactive ketones (excluding diaryl/α,β-unsaturated/α-hetero) is 1. The molecule has 13 nitrogen and oxygen atoms in total. The molecule has 66 heavy (non-hydrogen) atoms. The van der Waals surface area contributed by atoms with Crippen LogP contribution < -0.4 is 10.6 Å². The summed E-state index contributed by atoms with van der Waals surface area (Å²) in [5.74, 6) is -0.907. The lowest BCUT2D eigenvalue weighted by atomic mass is 10.0. The van der Waals surface area contributed by atoms with Gasteiger partial charge in [-0.05, 0) is 104 Å². The lowest BCUT2D eigenvalue weighted by Crippen LogP contribution is -2.14. The van der Waals surface area contributed by atoms with E-state index in [0.717, 1.165) is 45.7 Å². The Balaban J connectivity index is 0.000000197. The van der Waals surface area contributed by atoms with E-state index in [4.69, 9.17) is 0 Å². The third-order valence-electron chi connectivity index (χ3n) is 11.0. The Labute approximate surface area is 374 Å². The van der Waals surface area contributed by atoms with Gasteiger partial charge in [0.25, 0.3) is 0 Å². The number of carbonyl (C=O) groups is 2. The number of nitrogens with one attached hydrogen (secondary N) is 2. The SMILES string of the molecule is CCCC(=O)c1ccc(-n2cnc3c(NCCC(F)(F)F)cc(-c4ccnn4C)cc32)cc1C.Cc1cc(-n2cnc3c(NCCC(F)(F)F)cc(-c4ccnn4C)cc32)ccc1C(=O)O. The molecule has 0 amide bonds. The molecule has 4 aromatic carbocycles. The first kappa shape index (κ1) is 46.5. The minimum atomic E-state index is -4.27. The normalized spacial score (nSPS) is 11.8. The largest absolute Gasteiger partial charge is 0.478 e. The van der Waals surface area contributed by atoms with Crippen LogP contribution in [0.2, 0.25) is 0 Å². The van der Waals surface area contributed by atoms with Crippen molar-refractivity contribution in [3.05, 3.63) is 120 Å². The van der Waals surface area contributed by atoms with Gasteiger partial charge in [0.15, 0.2) is 5.78 Å². The molecule has 0 saturated carbocycles. The molecule has 0 spiro atoms. The maximum absolute atomic E-state index is 12.7. The van der Waals surface area contributed by atoms with Crippen molar-refractivity contribution in [3.63, 3.8) is 0 Å². The van der Waals surface area contributed by atoms with Gasteiger partial charge in [0.05, 0.1) is 52.2 Å². The number of carboxylic acid groups (broad SMARTS) is 1. The van der Waals surface area contributed by atoms with E-state index in [0.29, 0.717) is 51.2 Å². The number of hydrogen-bond acceptors (Lipinski definition) is 8. The number of imidazole rings is 2. The first-order valence-electron chi connectivity index (χ1n) is 20.9. The summed E-state index contributed by atoms with van der Waals surface area (Å²) in [6.07, 6.45) is -2.63. The molecular weight excluding hydrogens is 867 g/mol. The van der Waals surface area contributed by atoms with E-state index in [2.05, 4.69) is 30.8 Å². The van der Waals surface area contributed by atoms with Gasteiger partial charge in [-0.15, -0.1) is 0 Å².